The van der Waals surface area contributed by atoms with Crippen molar-refractivity contribution < 1.29 is 28.6 Å². The van der Waals surface area contributed by atoms with E-state index in [9.17, 15) is 14.4 Å². The molecule has 6 heterocycles. The van der Waals surface area contributed by atoms with E-state index < -0.39 is 17.7 Å². The second-order valence-electron chi connectivity index (χ2n) is 20.0. The number of halogens is 2. The summed E-state index contributed by atoms with van der Waals surface area (Å²) in [5, 5.41) is 24.6. The third kappa shape index (κ3) is 11.7. The van der Waals surface area contributed by atoms with Crippen LogP contribution in [0.1, 0.15) is 55.4 Å². The monoisotopic (exact) mass is 1140 g/mol. The average molecular weight is 1140 g/mol. The van der Waals surface area contributed by atoms with Crippen LogP contribution in [-0.4, -0.2) is 147 Å². The Morgan fingerprint density at radius 3 is 1.84 bits per heavy atom. The van der Waals surface area contributed by atoms with Gasteiger partial charge in [0.15, 0.2) is 22.9 Å². The van der Waals surface area contributed by atoms with E-state index in [0.29, 0.717) is 73.1 Å². The second kappa shape index (κ2) is 21.9. The Morgan fingerprint density at radius 1 is 0.757 bits per heavy atom. The fraction of sp³-hybridized carbons (Fsp3) is 0.412. The van der Waals surface area contributed by atoms with Gasteiger partial charge in [0.25, 0.3) is 0 Å². The van der Waals surface area contributed by atoms with Crippen molar-refractivity contribution in [2.45, 2.75) is 79.1 Å². The number of carbonyl (C=O) groups excluding carboxylic acids is 3. The van der Waals surface area contributed by atoms with Gasteiger partial charge in [0.1, 0.15) is 23.4 Å². The third-order valence-corrected chi connectivity index (χ3v) is 13.5. The molecule has 0 radical (unpaired) electrons. The molecule has 1 aliphatic heterocycles. The van der Waals surface area contributed by atoms with Crippen LogP contribution in [0.2, 0.25) is 0 Å². The molecule has 74 heavy (non-hydrogen) atoms. The minimum atomic E-state index is -0.625. The largest absolute Gasteiger partial charge is 0.497 e. The first-order valence-electron chi connectivity index (χ1n) is 24.1. The molecule has 0 aliphatic carbocycles. The normalized spacial score (nSPS) is 15.0. The highest BCUT2D eigenvalue weighted by atomic mass is 79.9. The Labute approximate surface area is 445 Å². The zero-order chi connectivity index (χ0) is 53.2. The van der Waals surface area contributed by atoms with Crippen LogP contribution in [0.5, 0.6) is 5.75 Å². The molecule has 390 valence electrons. The third-order valence-electron chi connectivity index (χ3n) is 12.2. The zero-order valence-electron chi connectivity index (χ0n) is 43.3. The van der Waals surface area contributed by atoms with Gasteiger partial charge < -0.3 is 40.0 Å². The summed E-state index contributed by atoms with van der Waals surface area (Å²) in [6.45, 7) is 17.4. The van der Waals surface area contributed by atoms with Gasteiger partial charge in [-0.25, -0.2) is 24.7 Å². The number of amides is 3. The summed E-state index contributed by atoms with van der Waals surface area (Å²) >= 11 is 7.18. The van der Waals surface area contributed by atoms with Crippen molar-refractivity contribution in [2.24, 2.45) is 12.5 Å². The first-order valence-corrected chi connectivity index (χ1v) is 25.6. The first kappa shape index (κ1) is 53.3. The van der Waals surface area contributed by atoms with Crippen molar-refractivity contribution in [3.8, 4) is 28.5 Å². The number of fused-ring (bicyclic) bond motifs is 6. The van der Waals surface area contributed by atoms with Crippen molar-refractivity contribution in [3.63, 3.8) is 0 Å². The molecule has 1 fully saturated rings. The maximum atomic E-state index is 13.8. The molecular weight excluding hydrogens is 1080 g/mol. The molecule has 1 aliphatic rings. The Kier molecular flexibility index (Phi) is 15.7. The van der Waals surface area contributed by atoms with E-state index in [2.05, 4.69) is 78.8 Å². The smallest absolute Gasteiger partial charge is 0.410 e. The summed E-state index contributed by atoms with van der Waals surface area (Å²) < 4.78 is 22.5. The second-order valence-corrected chi connectivity index (χ2v) is 21.7. The van der Waals surface area contributed by atoms with Gasteiger partial charge in [-0.3, -0.25) is 14.3 Å². The van der Waals surface area contributed by atoms with Crippen molar-refractivity contribution in [1.82, 2.24) is 64.1 Å². The summed E-state index contributed by atoms with van der Waals surface area (Å²) in [5.41, 5.74) is 3.42. The van der Waals surface area contributed by atoms with Crippen LogP contribution in [0.4, 0.5) is 16.7 Å². The number of nitrogens with zero attached hydrogens (tertiary/aromatic N) is 12. The van der Waals surface area contributed by atoms with Crippen LogP contribution in [-0.2, 0) is 26.1 Å². The summed E-state index contributed by atoms with van der Waals surface area (Å²) in [4.78, 5) is 62.0. The number of benzene rings is 3. The minimum Gasteiger partial charge on any atom is -0.497 e. The van der Waals surface area contributed by atoms with Crippen molar-refractivity contribution in [1.29, 1.82) is 0 Å². The van der Waals surface area contributed by atoms with Gasteiger partial charge >= 0.3 is 6.09 Å². The zero-order valence-corrected chi connectivity index (χ0v) is 46.4. The first-order chi connectivity index (χ1) is 35.1. The molecule has 3 aromatic carbocycles. The molecule has 3 amide bonds. The maximum absolute atomic E-state index is 13.8. The molecule has 5 aromatic heterocycles. The quantitative estimate of drug-likeness (QED) is 0.0985. The predicted octanol–water partition coefficient (Wildman–Crippen LogP) is 8.01. The number of methoxy groups -OCH3 is 2. The van der Waals surface area contributed by atoms with Gasteiger partial charge in [0.2, 0.25) is 23.7 Å². The SMILES string of the molecule is COCCNC(=O)[C@@H](C)Nc1nc2c(Br)cccc2c2nc(-c3ccc(OC)cc3)nn12.C[C@@H](Nc1nc2c(Br)cccc2c2nc(-c3cnn(C)c3)nn12)C(=O)N1CCN(C(=O)OC(C)(C)C)C(C(C)(C)C)C1. The van der Waals surface area contributed by atoms with E-state index in [1.54, 1.807) is 46.0 Å². The standard InChI is InChI=1S/C29H38BrN9O3.C22H23BrN6O3/c1-17(25(40)37-12-13-38(21(16-37)28(2,3)4)27(41)42-29(5,6)7)32-26-33-22-19(10-9-11-20(22)30)24-34-23(35-39(24)26)18-14-31-36(8)15-18;1-13(21(30)24-11-12-31-2)25-22-26-18-16(5-4-6-17(18)23)20-27-19(28-29(20)22)14-7-9-15(32-3)10-8-14/h9-11,14-15,17,21H,12-13,16H2,1-8H3,(H,32,33);4-10,13H,11-12H2,1-3H3,(H,24,30)(H,25,26)/t17-,21?;13-/m11/s1. The molecule has 3 N–H and O–H groups in total. The number of para-hydroxylation sites is 2. The molecule has 0 spiro atoms. The molecule has 21 nitrogen and oxygen atoms in total. The summed E-state index contributed by atoms with van der Waals surface area (Å²) in [6.07, 6.45) is 3.20. The van der Waals surface area contributed by atoms with Gasteiger partial charge in [-0.15, -0.1) is 10.2 Å². The number of hydrogen-bond acceptors (Lipinski definition) is 15. The number of piperazine rings is 1. The highest BCUT2D eigenvalue weighted by Crippen LogP contribution is 2.33. The number of hydrogen-bond donors (Lipinski definition) is 3. The summed E-state index contributed by atoms with van der Waals surface area (Å²) in [6, 6.07) is 17.7. The van der Waals surface area contributed by atoms with E-state index in [-0.39, 0.29) is 29.4 Å². The molecule has 3 atom stereocenters. The van der Waals surface area contributed by atoms with Gasteiger partial charge in [0.05, 0.1) is 42.6 Å². The lowest BCUT2D eigenvalue weighted by atomic mass is 9.84. The number of nitrogens with one attached hydrogen (secondary N) is 3. The molecule has 9 rings (SSSR count). The van der Waals surface area contributed by atoms with Gasteiger partial charge in [-0.05, 0) is 120 Å². The lowest BCUT2D eigenvalue weighted by Gasteiger charge is -2.47. The number of carbonyl (C=O) groups is 3. The number of aryl methyl sites for hydroxylation is 1. The lowest BCUT2D eigenvalue weighted by molar-refractivity contribution is -0.136. The predicted molar refractivity (Wildman–Crippen MR) is 290 cm³/mol. The van der Waals surface area contributed by atoms with Gasteiger partial charge in [-0.2, -0.15) is 14.1 Å². The highest BCUT2D eigenvalue weighted by Gasteiger charge is 2.41. The summed E-state index contributed by atoms with van der Waals surface area (Å²) in [5.74, 6) is 2.35. The Morgan fingerprint density at radius 2 is 1.32 bits per heavy atom. The van der Waals surface area contributed by atoms with Crippen LogP contribution in [0.25, 0.3) is 55.9 Å². The average Bonchev–Trinajstić information content (AvgIpc) is 4.13. The van der Waals surface area contributed by atoms with Crippen molar-refractivity contribution in [2.75, 3.05) is 57.6 Å². The Bertz CT molecular complexity index is 3350. The molecule has 1 unspecified atom stereocenters. The van der Waals surface area contributed by atoms with E-state index in [1.807, 2.05) is 107 Å². The molecule has 8 aromatic rings. The lowest BCUT2D eigenvalue weighted by Crippen LogP contribution is -2.62. The summed E-state index contributed by atoms with van der Waals surface area (Å²) in [7, 11) is 5.05. The fourth-order valence-electron chi connectivity index (χ4n) is 8.38. The van der Waals surface area contributed by atoms with Gasteiger partial charge in [0, 0.05) is 71.8 Å². The molecular formula is C51H61Br2N15O6. The van der Waals surface area contributed by atoms with Crippen molar-refractivity contribution >= 4 is 94.8 Å². The molecule has 23 heteroatoms. The topological polar surface area (TPSA) is 225 Å². The van der Waals surface area contributed by atoms with E-state index in [0.717, 1.165) is 42.1 Å². The molecule has 1 saturated heterocycles. The highest BCUT2D eigenvalue weighted by molar-refractivity contribution is 9.11. The Balaban J connectivity index is 0.000000204. The van der Waals surface area contributed by atoms with Crippen LogP contribution >= 0.6 is 31.9 Å². The van der Waals surface area contributed by atoms with E-state index in [1.165, 1.54) is 0 Å². The van der Waals surface area contributed by atoms with Crippen LogP contribution < -0.4 is 20.7 Å². The van der Waals surface area contributed by atoms with Crippen LogP contribution in [0.3, 0.4) is 0 Å². The van der Waals surface area contributed by atoms with Crippen molar-refractivity contribution in [3.05, 3.63) is 82.0 Å². The van der Waals surface area contributed by atoms with Crippen LogP contribution in [0, 0.1) is 5.41 Å². The van der Waals surface area contributed by atoms with E-state index in [4.69, 9.17) is 39.2 Å². The number of aromatic nitrogens is 10. The molecule has 0 saturated carbocycles. The molecule has 0 bridgehead atoms. The number of ether oxygens (including phenoxy) is 3. The Hall–Kier alpha value is -6.98. The number of rotatable bonds is 12. The fourth-order valence-corrected chi connectivity index (χ4v) is 9.29. The van der Waals surface area contributed by atoms with E-state index >= 15 is 0 Å². The number of anilines is 2. The van der Waals surface area contributed by atoms with Crippen LogP contribution in [0.15, 0.2) is 82.0 Å². The minimum absolute atomic E-state index is 0.0946. The van der Waals surface area contributed by atoms with Gasteiger partial charge in [-0.1, -0.05) is 32.9 Å². The maximum Gasteiger partial charge on any atom is 0.410 e.